The third kappa shape index (κ3) is 0.644. The fourth-order valence-electron chi connectivity index (χ4n) is 1.68. The Bertz CT molecular complexity index is 181. The van der Waals surface area contributed by atoms with Crippen LogP contribution >= 0.6 is 15.9 Å². The van der Waals surface area contributed by atoms with Gasteiger partial charge in [-0.15, -0.1) is 0 Å². The zero-order valence-electron chi connectivity index (χ0n) is 5.39. The van der Waals surface area contributed by atoms with Crippen LogP contribution in [0.25, 0.3) is 0 Å². The van der Waals surface area contributed by atoms with E-state index in [2.05, 4.69) is 35.0 Å². The van der Waals surface area contributed by atoms with Gasteiger partial charge in [0.2, 0.25) is 0 Å². The highest BCUT2D eigenvalue weighted by molar-refractivity contribution is 9.11. The van der Waals surface area contributed by atoms with Gasteiger partial charge in [0.15, 0.2) is 0 Å². The molecule has 0 saturated heterocycles. The third-order valence-corrected chi connectivity index (χ3v) is 3.56. The van der Waals surface area contributed by atoms with E-state index in [1.165, 1.54) is 10.9 Å². The van der Waals surface area contributed by atoms with Gasteiger partial charge in [-0.2, -0.15) is 0 Å². The molecule has 2 rings (SSSR count). The van der Waals surface area contributed by atoms with E-state index in [0.29, 0.717) is 0 Å². The molecule has 0 N–H and O–H groups in total. The average molecular weight is 185 g/mol. The van der Waals surface area contributed by atoms with Crippen LogP contribution in [0.2, 0.25) is 0 Å². The molecular formula is C8H9Br. The van der Waals surface area contributed by atoms with Crippen LogP contribution in [-0.2, 0) is 0 Å². The molecule has 0 nitrogen and oxygen atoms in total. The van der Waals surface area contributed by atoms with Gasteiger partial charge in [-0.1, -0.05) is 33.7 Å². The minimum absolute atomic E-state index is 0.731. The Labute approximate surface area is 63.8 Å². The van der Waals surface area contributed by atoms with Crippen LogP contribution in [-0.4, -0.2) is 0 Å². The Morgan fingerprint density at radius 1 is 1.44 bits per heavy atom. The Kier molecular flexibility index (Phi) is 1.10. The molecule has 2 aliphatic rings. The van der Waals surface area contributed by atoms with Crippen molar-refractivity contribution in [3.8, 4) is 0 Å². The van der Waals surface area contributed by atoms with E-state index in [4.69, 9.17) is 0 Å². The molecule has 0 aromatic carbocycles. The van der Waals surface area contributed by atoms with Gasteiger partial charge < -0.3 is 0 Å². The van der Waals surface area contributed by atoms with Gasteiger partial charge in [0, 0.05) is 10.4 Å². The van der Waals surface area contributed by atoms with Gasteiger partial charge in [0.25, 0.3) is 0 Å². The number of rotatable bonds is 0. The molecule has 0 heterocycles. The van der Waals surface area contributed by atoms with Crippen molar-refractivity contribution in [2.45, 2.75) is 13.3 Å². The van der Waals surface area contributed by atoms with Crippen LogP contribution in [0, 0.1) is 11.8 Å². The summed E-state index contributed by atoms with van der Waals surface area (Å²) < 4.78 is 1.44. The van der Waals surface area contributed by atoms with Gasteiger partial charge in [0.05, 0.1) is 0 Å². The van der Waals surface area contributed by atoms with Crippen molar-refractivity contribution in [2.75, 3.05) is 0 Å². The predicted octanol–water partition coefficient (Wildman–Crippen LogP) is 2.86. The van der Waals surface area contributed by atoms with Crippen molar-refractivity contribution in [1.29, 1.82) is 0 Å². The monoisotopic (exact) mass is 184 g/mol. The standard InChI is InChI=1S/C8H9Br/c1-5-6-2-3-7(4-6)8(5)9/h2-3,6-7H,4H2,1H3. The summed E-state index contributed by atoms with van der Waals surface area (Å²) in [5, 5.41) is 0. The minimum Gasteiger partial charge on any atom is -0.0807 e. The van der Waals surface area contributed by atoms with Gasteiger partial charge in [-0.05, 0) is 19.3 Å². The smallest absolute Gasteiger partial charge is 0.00927 e. The molecular weight excluding hydrogens is 176 g/mol. The number of fused-ring (bicyclic) bond motifs is 2. The summed E-state index contributed by atoms with van der Waals surface area (Å²) in [4.78, 5) is 0. The molecule has 9 heavy (non-hydrogen) atoms. The van der Waals surface area contributed by atoms with E-state index >= 15 is 0 Å². The van der Waals surface area contributed by atoms with Crippen LogP contribution in [0.3, 0.4) is 0 Å². The first kappa shape index (κ1) is 5.72. The molecule has 0 saturated carbocycles. The average Bonchev–Trinajstić information content (AvgIpc) is 2.37. The maximum atomic E-state index is 3.59. The molecule has 0 fully saturated rings. The van der Waals surface area contributed by atoms with Crippen molar-refractivity contribution < 1.29 is 0 Å². The van der Waals surface area contributed by atoms with Crippen LogP contribution in [0.5, 0.6) is 0 Å². The van der Waals surface area contributed by atoms with Crippen LogP contribution in [0.1, 0.15) is 13.3 Å². The maximum absolute atomic E-state index is 3.59. The fourth-order valence-corrected chi connectivity index (χ4v) is 2.31. The third-order valence-electron chi connectivity index (χ3n) is 2.34. The fraction of sp³-hybridized carbons (Fsp3) is 0.500. The minimum atomic E-state index is 0.731. The number of halogens is 1. The van der Waals surface area contributed by atoms with E-state index in [-0.39, 0.29) is 0 Å². The van der Waals surface area contributed by atoms with E-state index in [0.717, 1.165) is 11.8 Å². The quantitative estimate of drug-likeness (QED) is 0.509. The summed E-state index contributed by atoms with van der Waals surface area (Å²) in [6.07, 6.45) is 5.96. The van der Waals surface area contributed by atoms with Crippen molar-refractivity contribution in [3.05, 3.63) is 22.2 Å². The molecule has 0 aromatic rings. The van der Waals surface area contributed by atoms with Gasteiger partial charge in [-0.3, -0.25) is 0 Å². The molecule has 0 aromatic heterocycles. The second kappa shape index (κ2) is 1.72. The maximum Gasteiger partial charge on any atom is 0.00927 e. The van der Waals surface area contributed by atoms with Gasteiger partial charge >= 0.3 is 0 Å². The van der Waals surface area contributed by atoms with Crippen LogP contribution in [0.4, 0.5) is 0 Å². The summed E-state index contributed by atoms with van der Waals surface area (Å²) in [5.41, 5.74) is 1.54. The summed E-state index contributed by atoms with van der Waals surface area (Å²) in [6, 6.07) is 0. The van der Waals surface area contributed by atoms with E-state index in [9.17, 15) is 0 Å². The topological polar surface area (TPSA) is 0 Å². The van der Waals surface area contributed by atoms with Crippen molar-refractivity contribution >= 4 is 15.9 Å². The molecule has 0 spiro atoms. The van der Waals surface area contributed by atoms with Crippen LogP contribution in [0.15, 0.2) is 22.2 Å². The van der Waals surface area contributed by atoms with Crippen molar-refractivity contribution in [2.24, 2.45) is 11.8 Å². The molecule has 2 bridgehead atoms. The lowest BCUT2D eigenvalue weighted by atomic mass is 10.1. The molecule has 0 amide bonds. The molecule has 0 aliphatic heterocycles. The molecule has 2 aliphatic carbocycles. The second-order valence-electron chi connectivity index (χ2n) is 2.86. The number of hydrogen-bond acceptors (Lipinski definition) is 0. The predicted molar refractivity (Wildman–Crippen MR) is 42.4 cm³/mol. The number of hydrogen-bond donors (Lipinski definition) is 0. The Morgan fingerprint density at radius 2 is 2.11 bits per heavy atom. The number of allylic oxidation sites excluding steroid dienone is 4. The van der Waals surface area contributed by atoms with Gasteiger partial charge in [-0.25, -0.2) is 0 Å². The zero-order valence-corrected chi connectivity index (χ0v) is 6.98. The first-order valence-electron chi connectivity index (χ1n) is 3.33. The van der Waals surface area contributed by atoms with E-state index in [1.54, 1.807) is 5.57 Å². The molecule has 48 valence electrons. The largest absolute Gasteiger partial charge is 0.0807 e. The van der Waals surface area contributed by atoms with Crippen molar-refractivity contribution in [1.82, 2.24) is 0 Å². The lowest BCUT2D eigenvalue weighted by Gasteiger charge is -2.04. The summed E-state index contributed by atoms with van der Waals surface area (Å²) in [7, 11) is 0. The highest BCUT2D eigenvalue weighted by atomic mass is 79.9. The summed E-state index contributed by atoms with van der Waals surface area (Å²) in [5.74, 6) is 1.50. The molecule has 1 heteroatoms. The van der Waals surface area contributed by atoms with Crippen LogP contribution < -0.4 is 0 Å². The summed E-state index contributed by atoms with van der Waals surface area (Å²) >= 11 is 3.59. The molecule has 0 radical (unpaired) electrons. The SMILES string of the molecule is CC1=C(Br)C2C=CC1C2. The second-order valence-corrected chi connectivity index (χ2v) is 3.72. The normalized spacial score (nSPS) is 38.9. The first-order chi connectivity index (χ1) is 4.29. The van der Waals surface area contributed by atoms with Crippen molar-refractivity contribution in [3.63, 3.8) is 0 Å². The lowest BCUT2D eigenvalue weighted by molar-refractivity contribution is 0.712. The van der Waals surface area contributed by atoms with E-state index < -0.39 is 0 Å². The highest BCUT2D eigenvalue weighted by Gasteiger charge is 2.30. The Hall–Kier alpha value is -0.0400. The first-order valence-corrected chi connectivity index (χ1v) is 4.13. The summed E-state index contributed by atoms with van der Waals surface area (Å²) in [6.45, 7) is 2.22. The Balaban J connectivity index is 2.41. The highest BCUT2D eigenvalue weighted by Crippen LogP contribution is 2.45. The molecule has 2 unspecified atom stereocenters. The Morgan fingerprint density at radius 3 is 2.44 bits per heavy atom. The zero-order chi connectivity index (χ0) is 6.43. The van der Waals surface area contributed by atoms with E-state index in [1.807, 2.05) is 0 Å². The lowest BCUT2D eigenvalue weighted by Crippen LogP contribution is -1.88. The molecule has 2 atom stereocenters. The van der Waals surface area contributed by atoms with Gasteiger partial charge in [0.1, 0.15) is 0 Å².